The number of nitrogens with one attached hydrogen (secondary N) is 4. The van der Waals surface area contributed by atoms with Crippen LogP contribution in [0.25, 0.3) is 11.1 Å². The number of pyridine rings is 1. The van der Waals surface area contributed by atoms with E-state index in [9.17, 15) is 0 Å². The van der Waals surface area contributed by atoms with Crippen LogP contribution < -0.4 is 21.7 Å². The van der Waals surface area contributed by atoms with Crippen molar-refractivity contribution in [1.82, 2.24) is 10.3 Å². The molecule has 2 aromatic rings. The minimum Gasteiger partial charge on any atom is -0.404 e. The van der Waals surface area contributed by atoms with E-state index in [4.69, 9.17) is 16.1 Å². The highest BCUT2D eigenvalue weighted by Crippen LogP contribution is 2.31. The smallest absolute Gasteiger partial charge is 0.131 e. The van der Waals surface area contributed by atoms with Gasteiger partial charge in [0.25, 0.3) is 0 Å². The molecule has 6 heteroatoms. The Morgan fingerprint density at radius 2 is 2.00 bits per heavy atom. The molecule has 1 unspecified atom stereocenters. The Balaban J connectivity index is 2.57. The Labute approximate surface area is 185 Å². The second-order valence-electron chi connectivity index (χ2n) is 7.51. The summed E-state index contributed by atoms with van der Waals surface area (Å²) < 4.78 is 0. The van der Waals surface area contributed by atoms with Crippen LogP contribution in [0.5, 0.6) is 0 Å². The lowest BCUT2D eigenvalue weighted by atomic mass is 9.95. The SMILES string of the molecule is C=C(Nc1cc(-c2cccc(NC)c2C(C)=N)cc(C/C=C\C(C)=C/N)n1)C(C)NC. The molecule has 0 saturated heterocycles. The molecule has 0 aliphatic carbocycles. The third-order valence-electron chi connectivity index (χ3n) is 5.11. The lowest BCUT2D eigenvalue weighted by molar-refractivity contribution is 0.697. The lowest BCUT2D eigenvalue weighted by Gasteiger charge is -2.18. The fourth-order valence-corrected chi connectivity index (χ4v) is 3.19. The molecule has 0 fully saturated rings. The van der Waals surface area contributed by atoms with Gasteiger partial charge in [-0.1, -0.05) is 30.9 Å². The molecule has 6 N–H and O–H groups in total. The second kappa shape index (κ2) is 11.1. The van der Waals surface area contributed by atoms with Crippen LogP contribution >= 0.6 is 0 Å². The van der Waals surface area contributed by atoms with Crippen LogP contribution in [0.2, 0.25) is 0 Å². The number of hydrogen-bond donors (Lipinski definition) is 5. The molecule has 0 aliphatic rings. The first-order valence-electron chi connectivity index (χ1n) is 10.4. The molecular formula is C25H34N6. The van der Waals surface area contributed by atoms with Crippen LogP contribution in [0.3, 0.4) is 0 Å². The first kappa shape index (κ1) is 23.9. The van der Waals surface area contributed by atoms with Crippen molar-refractivity contribution in [2.75, 3.05) is 24.7 Å². The Morgan fingerprint density at radius 1 is 1.26 bits per heavy atom. The summed E-state index contributed by atoms with van der Waals surface area (Å²) >= 11 is 0. The van der Waals surface area contributed by atoms with Gasteiger partial charge in [-0.15, -0.1) is 0 Å². The average Bonchev–Trinajstić information content (AvgIpc) is 2.77. The summed E-state index contributed by atoms with van der Waals surface area (Å²) in [4.78, 5) is 4.78. The number of allylic oxidation sites excluding steroid dienone is 3. The van der Waals surface area contributed by atoms with E-state index in [2.05, 4.69) is 28.6 Å². The van der Waals surface area contributed by atoms with Gasteiger partial charge in [-0.3, -0.25) is 0 Å². The van der Waals surface area contributed by atoms with Crippen LogP contribution in [-0.2, 0) is 6.42 Å². The van der Waals surface area contributed by atoms with Crippen molar-refractivity contribution in [2.24, 2.45) is 5.73 Å². The molecule has 0 saturated carbocycles. The van der Waals surface area contributed by atoms with Crippen molar-refractivity contribution < 1.29 is 0 Å². The van der Waals surface area contributed by atoms with Crippen LogP contribution in [0.1, 0.15) is 32.0 Å². The first-order chi connectivity index (χ1) is 14.8. The summed E-state index contributed by atoms with van der Waals surface area (Å²) in [6.07, 6.45) is 6.27. The van der Waals surface area contributed by atoms with Crippen molar-refractivity contribution in [3.8, 4) is 11.1 Å². The van der Waals surface area contributed by atoms with Gasteiger partial charge in [0, 0.05) is 47.9 Å². The highest BCUT2D eigenvalue weighted by Gasteiger charge is 2.14. The molecule has 0 spiro atoms. The highest BCUT2D eigenvalue weighted by atomic mass is 15.0. The fraction of sp³-hybridized carbons (Fsp3) is 0.280. The van der Waals surface area contributed by atoms with E-state index in [1.165, 1.54) is 0 Å². The predicted octanol–water partition coefficient (Wildman–Crippen LogP) is 4.67. The van der Waals surface area contributed by atoms with Crippen molar-refractivity contribution >= 4 is 17.2 Å². The van der Waals surface area contributed by atoms with E-state index in [1.807, 2.05) is 71.3 Å². The molecule has 1 atom stereocenters. The first-order valence-corrected chi connectivity index (χ1v) is 10.4. The molecule has 1 aromatic carbocycles. The standard InChI is InChI=1S/C25H34N6/c1-16(15-26)9-7-10-21-13-20(14-24(31-21)30-19(4)18(3)28-5)22-11-8-12-23(29-6)25(22)17(2)27/h7-9,11-15,18,27-29H,4,10,26H2,1-3,5-6H3,(H,30,31)/b9-7-,16-15-,27-17?. The maximum Gasteiger partial charge on any atom is 0.131 e. The van der Waals surface area contributed by atoms with Crippen LogP contribution in [-0.4, -0.2) is 30.8 Å². The molecule has 0 bridgehead atoms. The van der Waals surface area contributed by atoms with Crippen molar-refractivity contribution in [3.63, 3.8) is 0 Å². The van der Waals surface area contributed by atoms with E-state index in [0.29, 0.717) is 12.1 Å². The number of hydrogen-bond acceptors (Lipinski definition) is 6. The van der Waals surface area contributed by atoms with Gasteiger partial charge >= 0.3 is 0 Å². The lowest BCUT2D eigenvalue weighted by Crippen LogP contribution is -2.27. The maximum absolute atomic E-state index is 8.33. The van der Waals surface area contributed by atoms with Gasteiger partial charge < -0.3 is 27.1 Å². The summed E-state index contributed by atoms with van der Waals surface area (Å²) in [6.45, 7) is 9.93. The number of benzene rings is 1. The highest BCUT2D eigenvalue weighted by molar-refractivity contribution is 6.07. The third-order valence-corrected chi connectivity index (χ3v) is 5.11. The maximum atomic E-state index is 8.33. The summed E-state index contributed by atoms with van der Waals surface area (Å²) in [5.41, 5.74) is 12.6. The third kappa shape index (κ3) is 6.30. The molecule has 1 heterocycles. The van der Waals surface area contributed by atoms with Gasteiger partial charge in [-0.25, -0.2) is 4.98 Å². The normalized spacial score (nSPS) is 12.6. The van der Waals surface area contributed by atoms with E-state index < -0.39 is 0 Å². The van der Waals surface area contributed by atoms with Crippen LogP contribution in [0.4, 0.5) is 11.5 Å². The number of likely N-dealkylation sites (N-methyl/N-ethyl adjacent to an activating group) is 1. The zero-order chi connectivity index (χ0) is 23.0. The van der Waals surface area contributed by atoms with Gasteiger partial charge in [0.2, 0.25) is 0 Å². The van der Waals surface area contributed by atoms with Gasteiger partial charge in [-0.05, 0) is 68.9 Å². The molecule has 1 aromatic heterocycles. The van der Waals surface area contributed by atoms with Crippen molar-refractivity contribution in [3.05, 3.63) is 77.8 Å². The van der Waals surface area contributed by atoms with E-state index in [1.54, 1.807) is 6.20 Å². The number of nitrogens with zero attached hydrogens (tertiary/aromatic N) is 1. The molecule has 6 nitrogen and oxygen atoms in total. The fourth-order valence-electron chi connectivity index (χ4n) is 3.19. The largest absolute Gasteiger partial charge is 0.404 e. The Hall–Kier alpha value is -3.38. The topological polar surface area (TPSA) is 98.8 Å². The van der Waals surface area contributed by atoms with Gasteiger partial charge in [-0.2, -0.15) is 0 Å². The van der Waals surface area contributed by atoms with Crippen LogP contribution in [0.15, 0.2) is 66.5 Å². The summed E-state index contributed by atoms with van der Waals surface area (Å²) in [7, 11) is 3.77. The molecule has 31 heavy (non-hydrogen) atoms. The van der Waals surface area contributed by atoms with Gasteiger partial charge in [0.15, 0.2) is 0 Å². The van der Waals surface area contributed by atoms with E-state index >= 15 is 0 Å². The van der Waals surface area contributed by atoms with E-state index in [-0.39, 0.29) is 6.04 Å². The van der Waals surface area contributed by atoms with Crippen molar-refractivity contribution in [1.29, 1.82) is 5.41 Å². The van der Waals surface area contributed by atoms with Gasteiger partial charge in [0.05, 0.1) is 0 Å². The van der Waals surface area contributed by atoms with E-state index in [0.717, 1.165) is 45.2 Å². The summed E-state index contributed by atoms with van der Waals surface area (Å²) in [5, 5.41) is 18.0. The number of rotatable bonds is 10. The average molecular weight is 419 g/mol. The molecule has 164 valence electrons. The summed E-state index contributed by atoms with van der Waals surface area (Å²) in [5.74, 6) is 0.725. The molecular weight excluding hydrogens is 384 g/mol. The zero-order valence-electron chi connectivity index (χ0n) is 19.1. The Bertz CT molecular complexity index is 1000. The predicted molar refractivity (Wildman–Crippen MR) is 134 cm³/mol. The van der Waals surface area contributed by atoms with Crippen LogP contribution in [0, 0.1) is 5.41 Å². The molecule has 0 aliphatic heterocycles. The number of aromatic nitrogens is 1. The second-order valence-corrected chi connectivity index (χ2v) is 7.51. The van der Waals surface area contributed by atoms with Crippen molar-refractivity contribution in [2.45, 2.75) is 33.2 Å². The van der Waals surface area contributed by atoms with Gasteiger partial charge in [0.1, 0.15) is 5.82 Å². The zero-order valence-corrected chi connectivity index (χ0v) is 19.1. The Morgan fingerprint density at radius 3 is 2.61 bits per heavy atom. The minimum absolute atomic E-state index is 0.0955. The minimum atomic E-state index is 0.0955. The molecule has 0 radical (unpaired) electrons. The number of anilines is 2. The quantitative estimate of drug-likeness (QED) is 0.285. The molecule has 2 rings (SSSR count). The summed E-state index contributed by atoms with van der Waals surface area (Å²) in [6, 6.07) is 10.2. The number of nitrogens with two attached hydrogens (primary N) is 1. The Kier molecular flexibility index (Phi) is 8.58. The monoisotopic (exact) mass is 418 g/mol. The molecule has 0 amide bonds.